The number of aliphatic hydroxyl groups excluding tert-OH is 1. The van der Waals surface area contributed by atoms with Gasteiger partial charge in [-0.25, -0.2) is 4.98 Å². The molecule has 5 heteroatoms. The summed E-state index contributed by atoms with van der Waals surface area (Å²) in [4.78, 5) is 9.30. The molecule has 5 rings (SSSR count). The van der Waals surface area contributed by atoms with Crippen molar-refractivity contribution in [3.63, 3.8) is 0 Å². The van der Waals surface area contributed by atoms with E-state index in [9.17, 15) is 5.11 Å². The van der Waals surface area contributed by atoms with Crippen molar-refractivity contribution in [3.05, 3.63) is 84.4 Å². The van der Waals surface area contributed by atoms with E-state index in [-0.39, 0.29) is 6.61 Å². The van der Waals surface area contributed by atoms with Gasteiger partial charge in [-0.15, -0.1) is 0 Å². The van der Waals surface area contributed by atoms with E-state index in [4.69, 9.17) is 9.72 Å². The van der Waals surface area contributed by atoms with Crippen LogP contribution in [-0.4, -0.2) is 26.1 Å². The van der Waals surface area contributed by atoms with Crippen LogP contribution in [0, 0.1) is 5.92 Å². The first-order valence-electron chi connectivity index (χ1n) is 10.0. The summed E-state index contributed by atoms with van der Waals surface area (Å²) in [6, 6.07) is 18.2. The summed E-state index contributed by atoms with van der Waals surface area (Å²) in [5, 5.41) is 9.36. The fourth-order valence-electron chi connectivity index (χ4n) is 4.04. The molecular weight excluding hydrogens is 362 g/mol. The molecule has 1 aliphatic rings. The van der Waals surface area contributed by atoms with E-state index >= 15 is 0 Å². The molecule has 29 heavy (non-hydrogen) atoms. The Labute approximate surface area is 169 Å². The highest BCUT2D eigenvalue weighted by molar-refractivity contribution is 5.66. The molecule has 0 spiro atoms. The summed E-state index contributed by atoms with van der Waals surface area (Å²) in [5.41, 5.74) is 4.27. The molecule has 4 aromatic rings. The Morgan fingerprint density at radius 1 is 1.07 bits per heavy atom. The Morgan fingerprint density at radius 2 is 1.93 bits per heavy atom. The van der Waals surface area contributed by atoms with Crippen molar-refractivity contribution in [2.75, 3.05) is 6.61 Å². The molecule has 5 nitrogen and oxygen atoms in total. The van der Waals surface area contributed by atoms with E-state index < -0.39 is 0 Å². The molecule has 2 aromatic heterocycles. The Morgan fingerprint density at radius 3 is 2.76 bits per heavy atom. The highest BCUT2D eigenvalue weighted by Gasteiger charge is 2.33. The number of aliphatic hydroxyl groups is 1. The van der Waals surface area contributed by atoms with Gasteiger partial charge in [0.15, 0.2) is 0 Å². The molecule has 0 unspecified atom stereocenters. The molecule has 1 N–H and O–H groups in total. The van der Waals surface area contributed by atoms with E-state index in [0.717, 1.165) is 46.8 Å². The maximum absolute atomic E-state index is 9.36. The Hall–Kier alpha value is -3.18. The lowest BCUT2D eigenvalue weighted by molar-refractivity contribution is 0.141. The van der Waals surface area contributed by atoms with Crippen LogP contribution in [0.25, 0.3) is 16.9 Å². The molecule has 0 radical (unpaired) electrons. The van der Waals surface area contributed by atoms with Crippen LogP contribution in [0.3, 0.4) is 0 Å². The molecule has 2 aromatic carbocycles. The van der Waals surface area contributed by atoms with Crippen LogP contribution < -0.4 is 4.74 Å². The average molecular weight is 385 g/mol. The lowest BCUT2D eigenvalue weighted by atomic mass is 9.73. The van der Waals surface area contributed by atoms with Crippen LogP contribution in [0.5, 0.6) is 5.75 Å². The Kier molecular flexibility index (Phi) is 4.74. The predicted molar refractivity (Wildman–Crippen MR) is 112 cm³/mol. The van der Waals surface area contributed by atoms with E-state index in [0.29, 0.717) is 18.4 Å². The first-order valence-corrected chi connectivity index (χ1v) is 10.0. The van der Waals surface area contributed by atoms with E-state index in [2.05, 4.69) is 27.6 Å². The summed E-state index contributed by atoms with van der Waals surface area (Å²) >= 11 is 0. The summed E-state index contributed by atoms with van der Waals surface area (Å²) in [6.45, 7) is 0.792. The number of hydrogen-bond acceptors (Lipinski definition) is 4. The normalized spacial score (nSPS) is 18.5. The first kappa shape index (κ1) is 17.9. The van der Waals surface area contributed by atoms with Crippen molar-refractivity contribution in [2.24, 2.45) is 5.92 Å². The van der Waals surface area contributed by atoms with E-state index in [1.54, 1.807) is 6.20 Å². The maximum atomic E-state index is 9.36. The van der Waals surface area contributed by atoms with Gasteiger partial charge < -0.3 is 9.84 Å². The minimum Gasteiger partial charge on any atom is -0.489 e. The van der Waals surface area contributed by atoms with Crippen LogP contribution in [0.2, 0.25) is 0 Å². The van der Waals surface area contributed by atoms with Crippen LogP contribution in [0.4, 0.5) is 0 Å². The number of rotatable bonds is 6. The van der Waals surface area contributed by atoms with Gasteiger partial charge in [0, 0.05) is 30.5 Å². The van der Waals surface area contributed by atoms with Crippen LogP contribution >= 0.6 is 0 Å². The van der Waals surface area contributed by atoms with Gasteiger partial charge in [-0.05, 0) is 36.5 Å². The van der Waals surface area contributed by atoms with Gasteiger partial charge in [0.25, 0.3) is 0 Å². The Bertz CT molecular complexity index is 1120. The molecule has 0 bridgehead atoms. The number of nitrogens with zero attached hydrogens (tertiary/aromatic N) is 3. The summed E-state index contributed by atoms with van der Waals surface area (Å²) < 4.78 is 8.11. The predicted octanol–water partition coefficient (Wildman–Crippen LogP) is 4.46. The van der Waals surface area contributed by atoms with Crippen molar-refractivity contribution in [1.82, 2.24) is 14.4 Å². The van der Waals surface area contributed by atoms with Gasteiger partial charge in [0.05, 0.1) is 17.4 Å². The third-order valence-corrected chi connectivity index (χ3v) is 5.70. The van der Waals surface area contributed by atoms with Gasteiger partial charge in [-0.2, -0.15) is 0 Å². The van der Waals surface area contributed by atoms with Crippen LogP contribution in [0.15, 0.2) is 73.2 Å². The van der Waals surface area contributed by atoms with E-state index in [1.807, 2.05) is 48.8 Å². The molecule has 146 valence electrons. The number of aromatic nitrogens is 3. The van der Waals surface area contributed by atoms with E-state index in [1.165, 1.54) is 0 Å². The molecule has 0 aliphatic heterocycles. The van der Waals surface area contributed by atoms with Gasteiger partial charge in [-0.1, -0.05) is 42.5 Å². The highest BCUT2D eigenvalue weighted by Crippen LogP contribution is 2.43. The molecule has 0 saturated heterocycles. The Balaban J connectivity index is 1.45. The summed E-state index contributed by atoms with van der Waals surface area (Å²) in [6.07, 6.45) is 7.60. The maximum Gasteiger partial charge on any atom is 0.145 e. The van der Waals surface area contributed by atoms with Crippen molar-refractivity contribution < 1.29 is 9.84 Å². The average Bonchev–Trinajstić information content (AvgIpc) is 3.12. The molecule has 1 aliphatic carbocycles. The number of benzene rings is 2. The van der Waals surface area contributed by atoms with Crippen molar-refractivity contribution >= 4 is 5.52 Å². The monoisotopic (exact) mass is 385 g/mol. The standard InChI is InChI=1S/C24H23N3O2/c28-15-18-11-20(12-18)23-22-14-25-9-10-27(22)24(26-23)19-7-4-8-21(13-19)29-16-17-5-2-1-3-6-17/h1-10,13-14,18,20,28H,11-12,15-16H2. The van der Waals surface area contributed by atoms with Gasteiger partial charge in [-0.3, -0.25) is 9.38 Å². The second-order valence-electron chi connectivity index (χ2n) is 7.67. The van der Waals surface area contributed by atoms with Crippen LogP contribution in [-0.2, 0) is 6.61 Å². The van der Waals surface area contributed by atoms with Gasteiger partial charge in [0.1, 0.15) is 18.2 Å². The third-order valence-electron chi connectivity index (χ3n) is 5.70. The second kappa shape index (κ2) is 7.68. The fourth-order valence-corrected chi connectivity index (χ4v) is 4.04. The molecule has 1 saturated carbocycles. The number of imidazole rings is 1. The van der Waals surface area contributed by atoms with Crippen LogP contribution in [0.1, 0.15) is 30.0 Å². The first-order chi connectivity index (χ1) is 14.3. The zero-order valence-electron chi connectivity index (χ0n) is 16.1. The minimum atomic E-state index is 0.258. The molecule has 0 amide bonds. The number of fused-ring (bicyclic) bond motifs is 1. The highest BCUT2D eigenvalue weighted by atomic mass is 16.5. The van der Waals surface area contributed by atoms with Crippen molar-refractivity contribution in [2.45, 2.75) is 25.4 Å². The summed E-state index contributed by atoms with van der Waals surface area (Å²) in [7, 11) is 0. The van der Waals surface area contributed by atoms with Crippen molar-refractivity contribution in [3.8, 4) is 17.1 Å². The molecule has 2 heterocycles. The lowest BCUT2D eigenvalue weighted by Crippen LogP contribution is -2.25. The fraction of sp³-hybridized carbons (Fsp3) is 0.250. The molecule has 1 fully saturated rings. The zero-order chi connectivity index (χ0) is 19.6. The third kappa shape index (κ3) is 3.49. The molecular formula is C24H23N3O2. The van der Waals surface area contributed by atoms with Gasteiger partial charge >= 0.3 is 0 Å². The van der Waals surface area contributed by atoms with Gasteiger partial charge in [0.2, 0.25) is 0 Å². The SMILES string of the molecule is OCC1CC(c2nc(-c3cccc(OCc4ccccc4)c3)n3ccncc23)C1. The summed E-state index contributed by atoms with van der Waals surface area (Å²) in [5.74, 6) is 2.50. The zero-order valence-corrected chi connectivity index (χ0v) is 16.1. The molecule has 0 atom stereocenters. The smallest absolute Gasteiger partial charge is 0.145 e. The number of ether oxygens (including phenoxy) is 1. The minimum absolute atomic E-state index is 0.258. The lowest BCUT2D eigenvalue weighted by Gasteiger charge is -2.32. The van der Waals surface area contributed by atoms with Crippen molar-refractivity contribution in [1.29, 1.82) is 0 Å². The number of hydrogen-bond donors (Lipinski definition) is 1. The topological polar surface area (TPSA) is 59.7 Å². The second-order valence-corrected chi connectivity index (χ2v) is 7.67. The quantitative estimate of drug-likeness (QED) is 0.532. The largest absolute Gasteiger partial charge is 0.489 e.